The first kappa shape index (κ1) is 11.1. The molecule has 0 saturated carbocycles. The standard InChI is InChI=1S/C11H19NO2/c1-9(2)14-11(13)12-8-7-10-5-3-4-6-10/h5,9H,3-4,6-8H2,1-2H3,(H,12,13). The van der Waals surface area contributed by atoms with Crippen LogP contribution in [0.5, 0.6) is 0 Å². The minimum atomic E-state index is -0.307. The molecule has 0 aromatic heterocycles. The first-order valence-electron chi connectivity index (χ1n) is 5.31. The highest BCUT2D eigenvalue weighted by molar-refractivity contribution is 5.67. The van der Waals surface area contributed by atoms with Crippen molar-refractivity contribution in [3.8, 4) is 0 Å². The fraction of sp³-hybridized carbons (Fsp3) is 0.727. The van der Waals surface area contributed by atoms with Crippen LogP contribution < -0.4 is 5.32 Å². The van der Waals surface area contributed by atoms with Crippen molar-refractivity contribution in [2.45, 2.75) is 45.6 Å². The summed E-state index contributed by atoms with van der Waals surface area (Å²) in [5, 5.41) is 2.74. The lowest BCUT2D eigenvalue weighted by atomic mass is 10.2. The minimum absolute atomic E-state index is 0.0410. The topological polar surface area (TPSA) is 38.3 Å². The van der Waals surface area contributed by atoms with Gasteiger partial charge in [-0.3, -0.25) is 0 Å². The van der Waals surface area contributed by atoms with Crippen molar-refractivity contribution in [2.75, 3.05) is 6.54 Å². The van der Waals surface area contributed by atoms with Crippen LogP contribution in [0.25, 0.3) is 0 Å². The van der Waals surface area contributed by atoms with Crippen LogP contribution in [0, 0.1) is 0 Å². The van der Waals surface area contributed by atoms with E-state index in [1.54, 1.807) is 0 Å². The summed E-state index contributed by atoms with van der Waals surface area (Å²) in [7, 11) is 0. The molecule has 0 saturated heterocycles. The highest BCUT2D eigenvalue weighted by atomic mass is 16.6. The van der Waals surface area contributed by atoms with Gasteiger partial charge in [0.15, 0.2) is 0 Å². The molecule has 3 heteroatoms. The molecule has 0 atom stereocenters. The molecule has 0 radical (unpaired) electrons. The van der Waals surface area contributed by atoms with Crippen LogP contribution in [0.2, 0.25) is 0 Å². The van der Waals surface area contributed by atoms with Crippen LogP contribution in [-0.2, 0) is 4.74 Å². The molecule has 0 heterocycles. The maximum atomic E-state index is 11.1. The monoisotopic (exact) mass is 197 g/mol. The van der Waals surface area contributed by atoms with E-state index in [0.29, 0.717) is 6.54 Å². The summed E-state index contributed by atoms with van der Waals surface area (Å²) in [5.74, 6) is 0. The SMILES string of the molecule is CC(C)OC(=O)NCCC1=CCCC1. The smallest absolute Gasteiger partial charge is 0.407 e. The zero-order chi connectivity index (χ0) is 10.4. The molecule has 0 bridgehead atoms. The van der Waals surface area contributed by atoms with Crippen LogP contribution in [0.15, 0.2) is 11.6 Å². The first-order valence-corrected chi connectivity index (χ1v) is 5.31. The summed E-state index contributed by atoms with van der Waals surface area (Å²) in [6.07, 6.45) is 6.56. The third-order valence-corrected chi connectivity index (χ3v) is 2.19. The molecule has 1 N–H and O–H groups in total. The van der Waals surface area contributed by atoms with Gasteiger partial charge in [-0.15, -0.1) is 0 Å². The fourth-order valence-corrected chi connectivity index (χ4v) is 1.55. The third kappa shape index (κ3) is 4.30. The zero-order valence-corrected chi connectivity index (χ0v) is 9.01. The number of nitrogens with one attached hydrogen (secondary N) is 1. The van der Waals surface area contributed by atoms with Crippen molar-refractivity contribution < 1.29 is 9.53 Å². The van der Waals surface area contributed by atoms with E-state index in [1.807, 2.05) is 13.8 Å². The average Bonchev–Trinajstić information content (AvgIpc) is 2.55. The molecule has 0 spiro atoms. The van der Waals surface area contributed by atoms with E-state index in [1.165, 1.54) is 24.8 Å². The van der Waals surface area contributed by atoms with E-state index >= 15 is 0 Å². The molecule has 1 aliphatic carbocycles. The van der Waals surface area contributed by atoms with Gasteiger partial charge in [0.05, 0.1) is 6.10 Å². The Hall–Kier alpha value is -0.990. The van der Waals surface area contributed by atoms with Gasteiger partial charge in [-0.1, -0.05) is 11.6 Å². The molecule has 0 aromatic carbocycles. The molecule has 80 valence electrons. The van der Waals surface area contributed by atoms with E-state index in [2.05, 4.69) is 11.4 Å². The third-order valence-electron chi connectivity index (χ3n) is 2.19. The van der Waals surface area contributed by atoms with E-state index < -0.39 is 0 Å². The molecule has 1 rings (SSSR count). The van der Waals surface area contributed by atoms with Crippen LogP contribution >= 0.6 is 0 Å². The van der Waals surface area contributed by atoms with Crippen molar-refractivity contribution in [3.63, 3.8) is 0 Å². The van der Waals surface area contributed by atoms with E-state index in [9.17, 15) is 4.79 Å². The number of hydrogen-bond donors (Lipinski definition) is 1. The molecule has 1 aliphatic rings. The number of allylic oxidation sites excluding steroid dienone is 1. The second kappa shape index (κ2) is 5.68. The predicted molar refractivity (Wildman–Crippen MR) is 56.2 cm³/mol. The predicted octanol–water partition coefficient (Wildman–Crippen LogP) is 2.62. The van der Waals surface area contributed by atoms with Gasteiger partial charge in [0.25, 0.3) is 0 Å². The molecule has 0 aliphatic heterocycles. The van der Waals surface area contributed by atoms with Gasteiger partial charge in [-0.2, -0.15) is 0 Å². The van der Waals surface area contributed by atoms with E-state index in [0.717, 1.165) is 6.42 Å². The van der Waals surface area contributed by atoms with Gasteiger partial charge >= 0.3 is 6.09 Å². The van der Waals surface area contributed by atoms with Gasteiger partial charge in [0.2, 0.25) is 0 Å². The number of amides is 1. The van der Waals surface area contributed by atoms with Crippen LogP contribution in [0.4, 0.5) is 4.79 Å². The lowest BCUT2D eigenvalue weighted by Crippen LogP contribution is -2.27. The van der Waals surface area contributed by atoms with Gasteiger partial charge in [0, 0.05) is 6.54 Å². The molecule has 0 unspecified atom stereocenters. The van der Waals surface area contributed by atoms with Crippen molar-refractivity contribution in [1.82, 2.24) is 5.32 Å². The molecule has 1 amide bonds. The van der Waals surface area contributed by atoms with Crippen molar-refractivity contribution in [2.24, 2.45) is 0 Å². The highest BCUT2D eigenvalue weighted by Gasteiger charge is 2.06. The molecule has 14 heavy (non-hydrogen) atoms. The number of carbonyl (C=O) groups is 1. The number of ether oxygens (including phenoxy) is 1. The second-order valence-corrected chi connectivity index (χ2v) is 3.89. The average molecular weight is 197 g/mol. The summed E-state index contributed by atoms with van der Waals surface area (Å²) in [6, 6.07) is 0. The quantitative estimate of drug-likeness (QED) is 0.703. The molecule has 0 aromatic rings. The van der Waals surface area contributed by atoms with Crippen molar-refractivity contribution >= 4 is 6.09 Å². The van der Waals surface area contributed by atoms with Crippen LogP contribution in [0.3, 0.4) is 0 Å². The van der Waals surface area contributed by atoms with Gasteiger partial charge < -0.3 is 10.1 Å². The number of carbonyl (C=O) groups excluding carboxylic acids is 1. The Morgan fingerprint density at radius 3 is 3.00 bits per heavy atom. The summed E-state index contributed by atoms with van der Waals surface area (Å²) in [5.41, 5.74) is 1.47. The largest absolute Gasteiger partial charge is 0.447 e. The maximum Gasteiger partial charge on any atom is 0.407 e. The maximum absolute atomic E-state index is 11.1. The fourth-order valence-electron chi connectivity index (χ4n) is 1.55. The zero-order valence-electron chi connectivity index (χ0n) is 9.01. The Morgan fingerprint density at radius 2 is 2.43 bits per heavy atom. The summed E-state index contributed by atoms with van der Waals surface area (Å²) in [6.45, 7) is 4.38. The normalized spacial score (nSPS) is 15.5. The number of hydrogen-bond acceptors (Lipinski definition) is 2. The lowest BCUT2D eigenvalue weighted by molar-refractivity contribution is 0.116. The van der Waals surface area contributed by atoms with Gasteiger partial charge in [-0.25, -0.2) is 4.79 Å². The summed E-state index contributed by atoms with van der Waals surface area (Å²) >= 11 is 0. The lowest BCUT2D eigenvalue weighted by Gasteiger charge is -2.09. The second-order valence-electron chi connectivity index (χ2n) is 3.89. The summed E-state index contributed by atoms with van der Waals surface area (Å²) < 4.78 is 4.95. The van der Waals surface area contributed by atoms with Crippen molar-refractivity contribution in [3.05, 3.63) is 11.6 Å². The Labute approximate surface area is 85.5 Å². The Morgan fingerprint density at radius 1 is 1.64 bits per heavy atom. The van der Waals surface area contributed by atoms with Crippen LogP contribution in [-0.4, -0.2) is 18.7 Å². The van der Waals surface area contributed by atoms with Crippen LogP contribution in [0.1, 0.15) is 39.5 Å². The Kier molecular flexibility index (Phi) is 4.50. The Balaban J connectivity index is 2.05. The van der Waals surface area contributed by atoms with E-state index in [4.69, 9.17) is 4.74 Å². The van der Waals surface area contributed by atoms with Crippen molar-refractivity contribution in [1.29, 1.82) is 0 Å². The molecular formula is C11H19NO2. The van der Waals surface area contributed by atoms with Gasteiger partial charge in [0.1, 0.15) is 0 Å². The number of alkyl carbamates (subject to hydrolysis) is 1. The number of rotatable bonds is 4. The van der Waals surface area contributed by atoms with E-state index in [-0.39, 0.29) is 12.2 Å². The summed E-state index contributed by atoms with van der Waals surface area (Å²) in [4.78, 5) is 11.1. The molecular weight excluding hydrogens is 178 g/mol. The first-order chi connectivity index (χ1) is 6.68. The molecule has 3 nitrogen and oxygen atoms in total. The Bertz CT molecular complexity index is 221. The highest BCUT2D eigenvalue weighted by Crippen LogP contribution is 2.19. The molecule has 0 fully saturated rings. The minimum Gasteiger partial charge on any atom is -0.447 e. The van der Waals surface area contributed by atoms with Gasteiger partial charge in [-0.05, 0) is 39.5 Å².